The molecule has 2 amide bonds. The summed E-state index contributed by atoms with van der Waals surface area (Å²) in [5.41, 5.74) is 0.579. The number of anilines is 2. The van der Waals surface area contributed by atoms with E-state index in [1.54, 1.807) is 19.2 Å². The summed E-state index contributed by atoms with van der Waals surface area (Å²) >= 11 is 2.53. The molecule has 0 atom stereocenters. The number of halogens is 1. The Kier molecular flexibility index (Phi) is 6.04. The Balaban J connectivity index is 1.44. The summed E-state index contributed by atoms with van der Waals surface area (Å²) in [5, 5.41) is 14.3. The van der Waals surface area contributed by atoms with Crippen molar-refractivity contribution >= 4 is 45.7 Å². The number of hydrogen-bond donors (Lipinski definition) is 2. The van der Waals surface area contributed by atoms with Crippen molar-refractivity contribution < 1.29 is 14.0 Å². The molecule has 138 valence electrons. The van der Waals surface area contributed by atoms with Crippen LogP contribution in [-0.4, -0.2) is 52.3 Å². The molecule has 0 aliphatic heterocycles. The molecule has 2 N–H and O–H groups in total. The van der Waals surface area contributed by atoms with Crippen molar-refractivity contribution in [2.75, 3.05) is 24.7 Å². The Morgan fingerprint density at radius 2 is 2.19 bits per heavy atom. The molecule has 10 heteroatoms. The molecule has 0 radical (unpaired) electrons. The Hall–Kier alpha value is -2.20. The average molecular weight is 395 g/mol. The van der Waals surface area contributed by atoms with Crippen LogP contribution in [0.1, 0.15) is 12.8 Å². The van der Waals surface area contributed by atoms with E-state index >= 15 is 0 Å². The summed E-state index contributed by atoms with van der Waals surface area (Å²) in [7, 11) is 1.60. The van der Waals surface area contributed by atoms with Gasteiger partial charge in [-0.3, -0.25) is 9.59 Å². The molecule has 1 aromatic heterocycles. The number of benzene rings is 1. The molecule has 0 spiro atoms. The number of carbonyl (C=O) groups is 2. The predicted molar refractivity (Wildman–Crippen MR) is 99.1 cm³/mol. The van der Waals surface area contributed by atoms with Crippen molar-refractivity contribution in [1.29, 1.82) is 0 Å². The van der Waals surface area contributed by atoms with Gasteiger partial charge in [0.15, 0.2) is 4.34 Å². The van der Waals surface area contributed by atoms with Crippen molar-refractivity contribution in [3.8, 4) is 0 Å². The quantitative estimate of drug-likeness (QED) is 0.667. The van der Waals surface area contributed by atoms with Crippen LogP contribution in [0, 0.1) is 5.82 Å². The first kappa shape index (κ1) is 18.6. The molecule has 1 aromatic carbocycles. The first-order valence-electron chi connectivity index (χ1n) is 8.02. The number of nitrogens with zero attached hydrogens (tertiary/aromatic N) is 3. The van der Waals surface area contributed by atoms with Crippen molar-refractivity contribution in [2.45, 2.75) is 23.2 Å². The van der Waals surface area contributed by atoms with E-state index in [1.165, 1.54) is 40.1 Å². The lowest BCUT2D eigenvalue weighted by molar-refractivity contribution is -0.132. The molecule has 0 bridgehead atoms. The number of carbonyl (C=O) groups excluding carboxylic acids is 2. The first-order valence-corrected chi connectivity index (χ1v) is 9.82. The average Bonchev–Trinajstić information content (AvgIpc) is 3.29. The van der Waals surface area contributed by atoms with Crippen molar-refractivity contribution in [3.63, 3.8) is 0 Å². The van der Waals surface area contributed by atoms with Gasteiger partial charge in [-0.15, -0.1) is 10.2 Å². The van der Waals surface area contributed by atoms with Crippen molar-refractivity contribution in [3.05, 3.63) is 30.1 Å². The van der Waals surface area contributed by atoms with Crippen LogP contribution in [0.15, 0.2) is 28.6 Å². The standard InChI is InChI=1S/C16H18FN5O2S2/c1-22(8-13(23)18-11-5-6-11)14(24)9-25-16-21-20-15(26-16)19-12-4-2-3-10(17)7-12/h2-4,7,11H,5-6,8-9H2,1H3,(H,18,23)(H,19,20). The number of likely N-dealkylation sites (N-methyl/N-ethyl adjacent to an activating group) is 1. The predicted octanol–water partition coefficient (Wildman–Crippen LogP) is 2.25. The lowest BCUT2D eigenvalue weighted by Gasteiger charge is -2.16. The van der Waals surface area contributed by atoms with E-state index < -0.39 is 0 Å². The van der Waals surface area contributed by atoms with Gasteiger partial charge in [0.05, 0.1) is 12.3 Å². The third kappa shape index (κ3) is 5.67. The van der Waals surface area contributed by atoms with Crippen molar-refractivity contribution in [2.24, 2.45) is 0 Å². The van der Waals surface area contributed by atoms with Gasteiger partial charge >= 0.3 is 0 Å². The summed E-state index contributed by atoms with van der Waals surface area (Å²) < 4.78 is 13.8. The third-order valence-electron chi connectivity index (χ3n) is 3.55. The van der Waals surface area contributed by atoms with Gasteiger partial charge in [-0.2, -0.15) is 0 Å². The highest BCUT2D eigenvalue weighted by atomic mass is 32.2. The largest absolute Gasteiger partial charge is 0.352 e. The molecule has 7 nitrogen and oxygen atoms in total. The molecule has 0 unspecified atom stereocenters. The minimum atomic E-state index is -0.339. The van der Waals surface area contributed by atoms with Gasteiger partial charge in [0.25, 0.3) is 0 Å². The summed E-state index contributed by atoms with van der Waals surface area (Å²) in [6.07, 6.45) is 2.03. The number of aromatic nitrogens is 2. The molecule has 1 aliphatic rings. The van der Waals surface area contributed by atoms with Gasteiger partial charge in [-0.1, -0.05) is 29.2 Å². The maximum Gasteiger partial charge on any atom is 0.239 e. The molecule has 1 heterocycles. The lowest BCUT2D eigenvalue weighted by atomic mass is 10.3. The summed E-state index contributed by atoms with van der Waals surface area (Å²) in [4.78, 5) is 25.2. The molecule has 3 rings (SSSR count). The van der Waals surface area contributed by atoms with Gasteiger partial charge in [0.2, 0.25) is 16.9 Å². The van der Waals surface area contributed by atoms with Gasteiger partial charge in [-0.25, -0.2) is 4.39 Å². The third-order valence-corrected chi connectivity index (χ3v) is 5.51. The van der Waals surface area contributed by atoms with E-state index in [0.29, 0.717) is 15.2 Å². The molecule has 1 saturated carbocycles. The molecular formula is C16H18FN5O2S2. The van der Waals surface area contributed by atoms with E-state index in [2.05, 4.69) is 20.8 Å². The summed E-state index contributed by atoms with van der Waals surface area (Å²) in [6, 6.07) is 6.33. The second kappa shape index (κ2) is 8.45. The van der Waals surface area contributed by atoms with Crippen LogP contribution in [0.5, 0.6) is 0 Å². The Morgan fingerprint density at radius 3 is 2.92 bits per heavy atom. The van der Waals surface area contributed by atoms with E-state index in [4.69, 9.17) is 0 Å². The monoisotopic (exact) mass is 395 g/mol. The van der Waals surface area contributed by atoms with E-state index in [9.17, 15) is 14.0 Å². The zero-order valence-corrected chi connectivity index (χ0v) is 15.7. The topological polar surface area (TPSA) is 87.2 Å². The van der Waals surface area contributed by atoms with Gasteiger partial charge in [-0.05, 0) is 31.0 Å². The lowest BCUT2D eigenvalue weighted by Crippen LogP contribution is -2.39. The number of hydrogen-bond acceptors (Lipinski definition) is 7. The highest BCUT2D eigenvalue weighted by molar-refractivity contribution is 8.01. The molecule has 0 saturated heterocycles. The van der Waals surface area contributed by atoms with Gasteiger partial charge in [0, 0.05) is 18.8 Å². The van der Waals surface area contributed by atoms with E-state index in [0.717, 1.165) is 12.8 Å². The Bertz CT molecular complexity index is 796. The van der Waals surface area contributed by atoms with Crippen LogP contribution in [0.4, 0.5) is 15.2 Å². The fourth-order valence-electron chi connectivity index (χ4n) is 2.05. The van der Waals surface area contributed by atoms with Crippen LogP contribution in [0.2, 0.25) is 0 Å². The minimum absolute atomic E-state index is 0.0540. The maximum atomic E-state index is 13.2. The zero-order chi connectivity index (χ0) is 18.5. The Morgan fingerprint density at radius 1 is 1.38 bits per heavy atom. The molecule has 1 aliphatic carbocycles. The Labute approximate surface area is 158 Å². The normalized spacial score (nSPS) is 13.3. The summed E-state index contributed by atoms with van der Waals surface area (Å²) in [6.45, 7) is 0.0540. The smallest absolute Gasteiger partial charge is 0.239 e. The van der Waals surface area contributed by atoms with Crippen LogP contribution < -0.4 is 10.6 Å². The minimum Gasteiger partial charge on any atom is -0.352 e. The van der Waals surface area contributed by atoms with Gasteiger partial charge in [0.1, 0.15) is 5.82 Å². The second-order valence-electron chi connectivity index (χ2n) is 5.89. The molecule has 1 fully saturated rings. The highest BCUT2D eigenvalue weighted by Crippen LogP contribution is 2.28. The van der Waals surface area contributed by atoms with E-state index in [1.807, 2.05) is 0 Å². The fourth-order valence-corrected chi connectivity index (χ4v) is 3.76. The molecule has 26 heavy (non-hydrogen) atoms. The van der Waals surface area contributed by atoms with Crippen LogP contribution >= 0.6 is 23.1 Å². The second-order valence-corrected chi connectivity index (χ2v) is 8.09. The van der Waals surface area contributed by atoms with Gasteiger partial charge < -0.3 is 15.5 Å². The zero-order valence-electron chi connectivity index (χ0n) is 14.1. The fraction of sp³-hybridized carbons (Fsp3) is 0.375. The van der Waals surface area contributed by atoms with Crippen LogP contribution in [0.25, 0.3) is 0 Å². The SMILES string of the molecule is CN(CC(=O)NC1CC1)C(=O)CSc1nnc(Nc2cccc(F)c2)s1. The first-order chi connectivity index (χ1) is 12.5. The van der Waals surface area contributed by atoms with Crippen LogP contribution in [0.3, 0.4) is 0 Å². The number of rotatable bonds is 8. The molecular weight excluding hydrogens is 377 g/mol. The van der Waals surface area contributed by atoms with E-state index in [-0.39, 0.29) is 36.0 Å². The van der Waals surface area contributed by atoms with Crippen molar-refractivity contribution in [1.82, 2.24) is 20.4 Å². The number of nitrogens with one attached hydrogen (secondary N) is 2. The highest BCUT2D eigenvalue weighted by Gasteiger charge is 2.24. The number of thioether (sulfide) groups is 1. The van der Waals surface area contributed by atoms with Crippen LogP contribution in [-0.2, 0) is 9.59 Å². The summed E-state index contributed by atoms with van der Waals surface area (Å²) in [5.74, 6) is -0.461. The number of amides is 2. The maximum absolute atomic E-state index is 13.2. The molecule has 2 aromatic rings.